The van der Waals surface area contributed by atoms with E-state index in [0.717, 1.165) is 83.5 Å². The summed E-state index contributed by atoms with van der Waals surface area (Å²) in [6.45, 7) is 3.79. The summed E-state index contributed by atoms with van der Waals surface area (Å²) in [5.41, 5.74) is 0. The lowest BCUT2D eigenvalue weighted by Crippen LogP contribution is -2.28. The molecule has 0 aromatic rings. The number of ether oxygens (including phenoxy) is 2. The number of esters is 2. The second-order valence-corrected chi connectivity index (χ2v) is 10.5. The van der Waals surface area contributed by atoms with Gasteiger partial charge in [-0.3, -0.25) is 9.59 Å². The van der Waals surface area contributed by atoms with Gasteiger partial charge in [-0.15, -0.1) is 0 Å². The van der Waals surface area contributed by atoms with Crippen molar-refractivity contribution in [3.8, 4) is 0 Å². The lowest BCUT2D eigenvalue weighted by atomic mass is 10.1. The highest BCUT2D eigenvalue weighted by molar-refractivity contribution is 5.70. The zero-order valence-corrected chi connectivity index (χ0v) is 27.6. The second kappa shape index (κ2) is 34.3. The number of unbranched alkanes of at least 4 members (excludes halogenated alkanes) is 4. The zero-order valence-electron chi connectivity index (χ0n) is 27.6. The minimum atomic E-state index is -0.818. The van der Waals surface area contributed by atoms with E-state index >= 15 is 0 Å². The number of carbonyl (C=O) groups is 2. The van der Waals surface area contributed by atoms with Crippen LogP contribution in [0.15, 0.2) is 97.2 Å². The van der Waals surface area contributed by atoms with Crippen LogP contribution in [0, 0.1) is 0 Å². The fourth-order valence-electron chi connectivity index (χ4n) is 3.89. The number of aliphatic hydroxyl groups excluding tert-OH is 1. The quantitative estimate of drug-likeness (QED) is 0.0543. The predicted molar refractivity (Wildman–Crippen MR) is 186 cm³/mol. The summed E-state index contributed by atoms with van der Waals surface area (Å²) in [4.78, 5) is 24.1. The van der Waals surface area contributed by atoms with E-state index in [4.69, 9.17) is 9.47 Å². The molecule has 0 aromatic carbocycles. The Hall–Kier alpha value is -3.18. The molecule has 0 aromatic heterocycles. The van der Waals surface area contributed by atoms with E-state index in [9.17, 15) is 14.7 Å². The van der Waals surface area contributed by atoms with Crippen LogP contribution in [0.3, 0.4) is 0 Å². The van der Waals surface area contributed by atoms with Crippen LogP contribution in [0.1, 0.15) is 117 Å². The van der Waals surface area contributed by atoms with E-state index in [1.54, 1.807) is 0 Å². The lowest BCUT2D eigenvalue weighted by Gasteiger charge is -2.15. The maximum Gasteiger partial charge on any atom is 0.306 e. The number of allylic oxidation sites excluding steroid dienone is 16. The summed E-state index contributed by atoms with van der Waals surface area (Å²) in [6, 6.07) is 0. The maximum atomic E-state index is 12.1. The van der Waals surface area contributed by atoms with E-state index in [1.807, 2.05) is 0 Å². The first-order valence-electron chi connectivity index (χ1n) is 16.8. The Kier molecular flexibility index (Phi) is 31.8. The van der Waals surface area contributed by atoms with Gasteiger partial charge in [0.15, 0.2) is 6.10 Å². The average molecular weight is 609 g/mol. The molecular weight excluding hydrogens is 548 g/mol. The first-order valence-corrected chi connectivity index (χ1v) is 16.8. The van der Waals surface area contributed by atoms with Gasteiger partial charge in [0, 0.05) is 12.8 Å². The minimum Gasteiger partial charge on any atom is -0.462 e. The van der Waals surface area contributed by atoms with Gasteiger partial charge in [-0.05, 0) is 83.5 Å². The molecule has 5 nitrogen and oxygen atoms in total. The van der Waals surface area contributed by atoms with Crippen LogP contribution in [0.4, 0.5) is 0 Å². The predicted octanol–water partition coefficient (Wildman–Crippen LogP) is 10.2. The number of carbonyl (C=O) groups excluding carboxylic acids is 2. The molecule has 0 rings (SSSR count). The molecule has 0 spiro atoms. The lowest BCUT2D eigenvalue weighted by molar-refractivity contribution is -0.161. The molecule has 1 atom stereocenters. The zero-order chi connectivity index (χ0) is 32.2. The van der Waals surface area contributed by atoms with Gasteiger partial charge in [0.25, 0.3) is 0 Å². The van der Waals surface area contributed by atoms with Crippen LogP contribution >= 0.6 is 0 Å². The molecule has 0 saturated heterocycles. The summed E-state index contributed by atoms with van der Waals surface area (Å²) in [7, 11) is 0. The van der Waals surface area contributed by atoms with E-state index in [2.05, 4.69) is 111 Å². The van der Waals surface area contributed by atoms with Gasteiger partial charge in [-0.25, -0.2) is 0 Å². The van der Waals surface area contributed by atoms with E-state index in [1.165, 1.54) is 0 Å². The molecule has 0 saturated carbocycles. The summed E-state index contributed by atoms with van der Waals surface area (Å²) >= 11 is 0. The van der Waals surface area contributed by atoms with Gasteiger partial charge in [0.05, 0.1) is 6.61 Å². The van der Waals surface area contributed by atoms with Crippen molar-refractivity contribution in [1.82, 2.24) is 0 Å². The van der Waals surface area contributed by atoms with Crippen LogP contribution in [-0.4, -0.2) is 36.4 Å². The van der Waals surface area contributed by atoms with Crippen molar-refractivity contribution in [2.24, 2.45) is 0 Å². The maximum absolute atomic E-state index is 12.1. The molecule has 246 valence electrons. The van der Waals surface area contributed by atoms with E-state index in [0.29, 0.717) is 12.8 Å². The largest absolute Gasteiger partial charge is 0.462 e. The van der Waals surface area contributed by atoms with Crippen molar-refractivity contribution in [3.05, 3.63) is 97.2 Å². The standard InChI is InChI=1S/C39H60O5/c1-3-5-7-9-11-13-15-17-18-19-20-22-24-26-28-30-32-34-39(42)44-37(35-40)36-43-38(41)33-31-29-27-25-23-21-16-14-12-10-8-6-4-2/h5-8,11-14,17-18,20-23,26,28,37,40H,3-4,9-10,15-16,19,24-25,27,29-36H2,1-2H3/b7-5-,8-6-,13-11-,14-12-,18-17-,22-20-,23-21-,28-26-. The van der Waals surface area contributed by atoms with Crippen molar-refractivity contribution >= 4 is 11.9 Å². The Morgan fingerprint density at radius 3 is 1.39 bits per heavy atom. The molecule has 0 heterocycles. The van der Waals surface area contributed by atoms with Gasteiger partial charge < -0.3 is 14.6 Å². The van der Waals surface area contributed by atoms with Gasteiger partial charge >= 0.3 is 11.9 Å². The Bertz CT molecular complexity index is 917. The minimum absolute atomic E-state index is 0.111. The number of rotatable bonds is 28. The number of hydrogen-bond donors (Lipinski definition) is 1. The Morgan fingerprint density at radius 1 is 0.523 bits per heavy atom. The second-order valence-electron chi connectivity index (χ2n) is 10.5. The normalized spacial score (nSPS) is 13.4. The topological polar surface area (TPSA) is 72.8 Å². The van der Waals surface area contributed by atoms with Crippen LogP contribution in [0.2, 0.25) is 0 Å². The monoisotopic (exact) mass is 608 g/mol. The van der Waals surface area contributed by atoms with Crippen molar-refractivity contribution in [1.29, 1.82) is 0 Å². The molecule has 0 fully saturated rings. The van der Waals surface area contributed by atoms with Crippen LogP contribution in [0.25, 0.3) is 0 Å². The van der Waals surface area contributed by atoms with E-state index < -0.39 is 6.10 Å². The van der Waals surface area contributed by atoms with E-state index in [-0.39, 0.29) is 31.6 Å². The highest BCUT2D eigenvalue weighted by atomic mass is 16.6. The molecule has 0 bridgehead atoms. The van der Waals surface area contributed by atoms with Crippen molar-refractivity contribution in [2.75, 3.05) is 13.2 Å². The molecule has 1 N–H and O–H groups in total. The van der Waals surface area contributed by atoms with Crippen LogP contribution in [0.5, 0.6) is 0 Å². The van der Waals surface area contributed by atoms with Gasteiger partial charge in [-0.1, -0.05) is 117 Å². The molecule has 0 aliphatic carbocycles. The molecule has 0 aliphatic heterocycles. The molecule has 0 amide bonds. The summed E-state index contributed by atoms with van der Waals surface area (Å²) in [5.74, 6) is -0.708. The molecule has 0 aliphatic rings. The molecular formula is C39H60O5. The fourth-order valence-corrected chi connectivity index (χ4v) is 3.89. The van der Waals surface area contributed by atoms with Gasteiger partial charge in [-0.2, -0.15) is 0 Å². The first-order chi connectivity index (χ1) is 21.6. The molecule has 5 heteroatoms. The first kappa shape index (κ1) is 40.8. The molecule has 1 unspecified atom stereocenters. The number of aliphatic hydroxyl groups is 1. The Morgan fingerprint density at radius 2 is 0.932 bits per heavy atom. The fraction of sp³-hybridized carbons (Fsp3) is 0.538. The number of hydrogen-bond acceptors (Lipinski definition) is 5. The average Bonchev–Trinajstić information content (AvgIpc) is 3.02. The van der Waals surface area contributed by atoms with Gasteiger partial charge in [0.2, 0.25) is 0 Å². The summed E-state index contributed by atoms with van der Waals surface area (Å²) < 4.78 is 10.5. The summed E-state index contributed by atoms with van der Waals surface area (Å²) in [5, 5.41) is 9.50. The Labute approximate surface area is 268 Å². The SMILES string of the molecule is CC/C=C\C/C=C\C/C=C\C/C=C\C/C=C\CCCC(=O)OC(CO)COC(=O)CCCCC/C=C\C/C=C\C/C=C\CC. The summed E-state index contributed by atoms with van der Waals surface area (Å²) in [6.07, 6.45) is 47.5. The highest BCUT2D eigenvalue weighted by Gasteiger charge is 2.15. The third-order valence-corrected chi connectivity index (χ3v) is 6.37. The van der Waals surface area contributed by atoms with Crippen LogP contribution in [-0.2, 0) is 19.1 Å². The Balaban J connectivity index is 3.79. The van der Waals surface area contributed by atoms with Crippen LogP contribution < -0.4 is 0 Å². The molecule has 0 radical (unpaired) electrons. The highest BCUT2D eigenvalue weighted by Crippen LogP contribution is 2.07. The van der Waals surface area contributed by atoms with Gasteiger partial charge in [0.1, 0.15) is 6.61 Å². The smallest absolute Gasteiger partial charge is 0.306 e. The van der Waals surface area contributed by atoms with Crippen molar-refractivity contribution < 1.29 is 24.2 Å². The third-order valence-electron chi connectivity index (χ3n) is 6.37. The van der Waals surface area contributed by atoms with Crippen molar-refractivity contribution in [3.63, 3.8) is 0 Å². The van der Waals surface area contributed by atoms with Crippen molar-refractivity contribution in [2.45, 2.75) is 123 Å². The molecule has 44 heavy (non-hydrogen) atoms. The third kappa shape index (κ3) is 31.7.